The lowest BCUT2D eigenvalue weighted by Crippen LogP contribution is -2.48. The molecule has 1 aliphatic rings. The third-order valence-electron chi connectivity index (χ3n) is 6.43. The monoisotopic (exact) mass is 563 g/mol. The van der Waals surface area contributed by atoms with Gasteiger partial charge in [-0.2, -0.15) is 18.3 Å². The summed E-state index contributed by atoms with van der Waals surface area (Å²) in [5.74, 6) is 0.114. The largest absolute Gasteiger partial charge is 0.497 e. The van der Waals surface area contributed by atoms with E-state index >= 15 is 0 Å². The number of aromatic nitrogens is 3. The zero-order chi connectivity index (χ0) is 27.0. The van der Waals surface area contributed by atoms with Crippen molar-refractivity contribution in [3.05, 3.63) is 81.6 Å². The summed E-state index contributed by atoms with van der Waals surface area (Å²) in [5, 5.41) is 5.14. The number of nitrogens with zero attached hydrogens (tertiary/aromatic N) is 5. The van der Waals surface area contributed by atoms with Crippen LogP contribution in [0.1, 0.15) is 21.7 Å². The number of alkyl halides is 3. The van der Waals surface area contributed by atoms with Gasteiger partial charge in [0.05, 0.1) is 12.8 Å². The van der Waals surface area contributed by atoms with Gasteiger partial charge in [-0.1, -0.05) is 29.3 Å². The Morgan fingerprint density at radius 3 is 2.26 bits per heavy atom. The highest BCUT2D eigenvalue weighted by Crippen LogP contribution is 2.33. The van der Waals surface area contributed by atoms with Crippen molar-refractivity contribution in [1.29, 1.82) is 0 Å². The summed E-state index contributed by atoms with van der Waals surface area (Å²) in [5.41, 5.74) is 0.211. The van der Waals surface area contributed by atoms with Crippen molar-refractivity contribution in [3.63, 3.8) is 0 Å². The Bertz CT molecular complexity index is 1460. The summed E-state index contributed by atoms with van der Waals surface area (Å²) in [6, 6.07) is 14.1. The highest BCUT2D eigenvalue weighted by molar-refractivity contribution is 6.35. The van der Waals surface area contributed by atoms with Gasteiger partial charge in [0, 0.05) is 60.0 Å². The van der Waals surface area contributed by atoms with Crippen molar-refractivity contribution in [2.45, 2.75) is 12.7 Å². The first-order valence-electron chi connectivity index (χ1n) is 11.7. The molecule has 0 N–H and O–H groups in total. The number of piperazine rings is 1. The summed E-state index contributed by atoms with van der Waals surface area (Å²) in [4.78, 5) is 21.2. The minimum atomic E-state index is -4.71. The van der Waals surface area contributed by atoms with Crippen LogP contribution >= 0.6 is 23.2 Å². The molecule has 38 heavy (non-hydrogen) atoms. The number of amides is 1. The van der Waals surface area contributed by atoms with Gasteiger partial charge in [-0.15, -0.1) is 0 Å². The molecule has 0 aliphatic carbocycles. The molecule has 2 aromatic heterocycles. The minimum absolute atomic E-state index is 0.0685. The van der Waals surface area contributed by atoms with E-state index in [0.717, 1.165) is 11.6 Å². The van der Waals surface area contributed by atoms with Crippen LogP contribution in [0.4, 0.5) is 13.2 Å². The molecule has 4 aromatic rings. The zero-order valence-electron chi connectivity index (χ0n) is 20.2. The lowest BCUT2D eigenvalue weighted by atomic mass is 10.1. The van der Waals surface area contributed by atoms with Crippen molar-refractivity contribution < 1.29 is 22.7 Å². The molecule has 1 saturated heterocycles. The van der Waals surface area contributed by atoms with Crippen LogP contribution in [0.3, 0.4) is 0 Å². The summed E-state index contributed by atoms with van der Waals surface area (Å²) < 4.78 is 47.6. The van der Waals surface area contributed by atoms with Crippen molar-refractivity contribution >= 4 is 34.8 Å². The van der Waals surface area contributed by atoms with E-state index in [9.17, 15) is 18.0 Å². The second kappa shape index (κ2) is 10.4. The number of halogens is 5. The molecule has 7 nitrogen and oxygen atoms in total. The smallest absolute Gasteiger partial charge is 0.433 e. The average Bonchev–Trinajstić information content (AvgIpc) is 3.34. The van der Waals surface area contributed by atoms with Crippen molar-refractivity contribution in [2.24, 2.45) is 0 Å². The number of hydrogen-bond acceptors (Lipinski definition) is 5. The Hall–Kier alpha value is -3.34. The van der Waals surface area contributed by atoms with Gasteiger partial charge in [0.1, 0.15) is 5.75 Å². The third-order valence-corrected chi connectivity index (χ3v) is 7.13. The molecule has 1 aliphatic heterocycles. The fourth-order valence-corrected chi connectivity index (χ4v) is 4.89. The van der Waals surface area contributed by atoms with Gasteiger partial charge >= 0.3 is 6.18 Å². The Morgan fingerprint density at radius 1 is 1.00 bits per heavy atom. The Balaban J connectivity index is 1.37. The SMILES string of the molecule is COc1ccc(-c2cc(C(F)(F)F)n3nc(C(=O)N4CCN(Cc5c(Cl)cccc5Cl)CC4)cc3n2)cc1. The van der Waals surface area contributed by atoms with E-state index in [2.05, 4.69) is 15.0 Å². The number of carbonyl (C=O) groups is 1. The minimum Gasteiger partial charge on any atom is -0.497 e. The maximum atomic E-state index is 13.9. The molecule has 0 radical (unpaired) electrons. The second-order valence-corrected chi connectivity index (χ2v) is 9.64. The highest BCUT2D eigenvalue weighted by Gasteiger charge is 2.36. The number of rotatable bonds is 5. The predicted molar refractivity (Wildman–Crippen MR) is 138 cm³/mol. The van der Waals surface area contributed by atoms with E-state index in [-0.39, 0.29) is 17.0 Å². The quantitative estimate of drug-likeness (QED) is 0.312. The van der Waals surface area contributed by atoms with Gasteiger partial charge in [-0.25, -0.2) is 9.50 Å². The summed E-state index contributed by atoms with van der Waals surface area (Å²) >= 11 is 12.6. The topological polar surface area (TPSA) is 63.0 Å². The van der Waals surface area contributed by atoms with Gasteiger partial charge in [0.15, 0.2) is 17.0 Å². The summed E-state index contributed by atoms with van der Waals surface area (Å²) in [6.07, 6.45) is -4.71. The first kappa shape index (κ1) is 26.3. The van der Waals surface area contributed by atoms with Crippen LogP contribution < -0.4 is 4.74 Å². The van der Waals surface area contributed by atoms with Crippen molar-refractivity contribution in [3.8, 4) is 17.0 Å². The number of benzene rings is 2. The van der Waals surface area contributed by atoms with Gasteiger partial charge in [-0.05, 0) is 42.5 Å². The number of fused-ring (bicyclic) bond motifs is 1. The Morgan fingerprint density at radius 2 is 1.66 bits per heavy atom. The lowest BCUT2D eigenvalue weighted by Gasteiger charge is -2.34. The third kappa shape index (κ3) is 5.29. The highest BCUT2D eigenvalue weighted by atomic mass is 35.5. The van der Waals surface area contributed by atoms with Crippen LogP contribution in [0.2, 0.25) is 10.0 Å². The average molecular weight is 564 g/mol. The molecule has 0 saturated carbocycles. The molecule has 12 heteroatoms. The predicted octanol–water partition coefficient (Wildman–Crippen LogP) is 5.69. The lowest BCUT2D eigenvalue weighted by molar-refractivity contribution is -0.142. The molecular formula is C26H22Cl2F3N5O2. The Kier molecular flexibility index (Phi) is 7.21. The second-order valence-electron chi connectivity index (χ2n) is 8.82. The molecule has 1 amide bonds. The van der Waals surface area contributed by atoms with Crippen LogP contribution in [0.25, 0.3) is 16.9 Å². The van der Waals surface area contributed by atoms with Gasteiger partial charge in [0.25, 0.3) is 5.91 Å². The fourth-order valence-electron chi connectivity index (χ4n) is 4.37. The van der Waals surface area contributed by atoms with E-state index in [4.69, 9.17) is 27.9 Å². The molecular weight excluding hydrogens is 542 g/mol. The molecule has 0 atom stereocenters. The van der Waals surface area contributed by atoms with Crippen LogP contribution in [-0.2, 0) is 12.7 Å². The molecule has 2 aromatic carbocycles. The summed E-state index contributed by atoms with van der Waals surface area (Å²) in [7, 11) is 1.50. The first-order valence-corrected chi connectivity index (χ1v) is 12.5. The van der Waals surface area contributed by atoms with Crippen LogP contribution in [0.15, 0.2) is 54.6 Å². The molecule has 0 spiro atoms. The number of carbonyl (C=O) groups excluding carboxylic acids is 1. The van der Waals surface area contributed by atoms with E-state index < -0.39 is 17.8 Å². The molecule has 0 bridgehead atoms. The van der Waals surface area contributed by atoms with Gasteiger partial charge < -0.3 is 9.64 Å². The maximum absolute atomic E-state index is 13.9. The van der Waals surface area contributed by atoms with E-state index in [0.29, 0.717) is 58.6 Å². The molecule has 1 fully saturated rings. The number of ether oxygens (including phenoxy) is 1. The fraction of sp³-hybridized carbons (Fsp3) is 0.269. The van der Waals surface area contributed by atoms with E-state index in [1.165, 1.54) is 13.2 Å². The Labute approximate surface area is 226 Å². The number of hydrogen-bond donors (Lipinski definition) is 0. The normalized spacial score (nSPS) is 14.7. The van der Waals surface area contributed by atoms with Crippen LogP contribution in [0.5, 0.6) is 5.75 Å². The zero-order valence-corrected chi connectivity index (χ0v) is 21.7. The van der Waals surface area contributed by atoms with Crippen LogP contribution in [-0.4, -0.2) is 63.6 Å². The van der Waals surface area contributed by atoms with Crippen molar-refractivity contribution in [1.82, 2.24) is 24.4 Å². The van der Waals surface area contributed by atoms with E-state index in [1.807, 2.05) is 0 Å². The van der Waals surface area contributed by atoms with Crippen LogP contribution in [0, 0.1) is 0 Å². The first-order chi connectivity index (χ1) is 18.1. The molecule has 5 rings (SSSR count). The maximum Gasteiger partial charge on any atom is 0.433 e. The van der Waals surface area contributed by atoms with Crippen molar-refractivity contribution in [2.75, 3.05) is 33.3 Å². The number of methoxy groups -OCH3 is 1. The molecule has 3 heterocycles. The van der Waals surface area contributed by atoms with Gasteiger partial charge in [-0.3, -0.25) is 9.69 Å². The standard InChI is InChI=1S/C26H22Cl2F3N5O2/c1-38-17-7-5-16(6-8-17)21-13-23(26(29,30)31)36-24(32-21)14-22(33-36)25(37)35-11-9-34(10-12-35)15-18-19(27)3-2-4-20(18)28/h2-8,13-14H,9-12,15H2,1H3. The molecule has 198 valence electrons. The summed E-state index contributed by atoms with van der Waals surface area (Å²) in [6.45, 7) is 2.39. The van der Waals surface area contributed by atoms with E-state index in [1.54, 1.807) is 47.4 Å². The van der Waals surface area contributed by atoms with Gasteiger partial charge in [0.2, 0.25) is 0 Å². The molecule has 0 unspecified atom stereocenters.